The van der Waals surface area contributed by atoms with E-state index in [1.54, 1.807) is 18.3 Å². The first-order valence-electron chi connectivity index (χ1n) is 6.95. The van der Waals surface area contributed by atoms with Gasteiger partial charge in [-0.3, -0.25) is 4.79 Å². The van der Waals surface area contributed by atoms with E-state index in [0.29, 0.717) is 0 Å². The number of hydrogen-bond acceptors (Lipinski definition) is 6. The third-order valence-corrected chi connectivity index (χ3v) is 5.78. The molecule has 0 saturated carbocycles. The highest BCUT2D eigenvalue weighted by Gasteiger charge is 2.32. The van der Waals surface area contributed by atoms with Gasteiger partial charge in [0.25, 0.3) is 0 Å². The minimum absolute atomic E-state index is 0.0294. The van der Waals surface area contributed by atoms with Crippen LogP contribution in [0.5, 0.6) is 0 Å². The van der Waals surface area contributed by atoms with Crippen LogP contribution in [0.3, 0.4) is 0 Å². The summed E-state index contributed by atoms with van der Waals surface area (Å²) < 4.78 is 0.985. The van der Waals surface area contributed by atoms with Crippen LogP contribution in [0.1, 0.15) is 27.7 Å². The molecule has 116 valence electrons. The number of carbonyl (C=O) groups is 1. The molecule has 2 heterocycles. The Morgan fingerprint density at radius 1 is 1.45 bits per heavy atom. The van der Waals surface area contributed by atoms with Gasteiger partial charge in [-0.1, -0.05) is 25.6 Å². The van der Waals surface area contributed by atoms with Crippen molar-refractivity contribution in [1.29, 1.82) is 5.26 Å². The van der Waals surface area contributed by atoms with Crippen molar-refractivity contribution >= 4 is 39.2 Å². The summed E-state index contributed by atoms with van der Waals surface area (Å²) in [5.74, 6) is -0.132. The molecule has 2 aromatic rings. The highest BCUT2D eigenvalue weighted by atomic mass is 32.2. The number of aromatic nitrogens is 2. The summed E-state index contributed by atoms with van der Waals surface area (Å²) in [7, 11) is 0. The third-order valence-electron chi connectivity index (χ3n) is 3.64. The van der Waals surface area contributed by atoms with Crippen molar-refractivity contribution in [1.82, 2.24) is 15.3 Å². The largest absolute Gasteiger partial charge is 0.337 e. The van der Waals surface area contributed by atoms with Gasteiger partial charge in [-0.25, -0.2) is 9.97 Å². The van der Waals surface area contributed by atoms with E-state index >= 15 is 0 Å². The average molecular weight is 334 g/mol. The van der Waals surface area contributed by atoms with Crippen molar-refractivity contribution in [3.05, 3.63) is 17.8 Å². The van der Waals surface area contributed by atoms with E-state index in [1.165, 1.54) is 18.1 Å². The van der Waals surface area contributed by atoms with Gasteiger partial charge in [0.05, 0.1) is 21.5 Å². The first kappa shape index (κ1) is 16.7. The summed E-state index contributed by atoms with van der Waals surface area (Å²) in [6.07, 6.45) is 1.51. The number of nitrogens with zero attached hydrogens (tertiary/aromatic N) is 3. The van der Waals surface area contributed by atoms with Crippen LogP contribution < -0.4 is 5.32 Å². The van der Waals surface area contributed by atoms with Crippen LogP contribution in [0.2, 0.25) is 0 Å². The molecule has 1 N–H and O–H groups in total. The zero-order chi connectivity index (χ0) is 16.3. The fraction of sp³-hybridized carbons (Fsp3) is 0.467. The van der Waals surface area contributed by atoms with Crippen molar-refractivity contribution in [2.24, 2.45) is 5.92 Å². The number of amides is 1. The molecule has 5 nitrogen and oxygen atoms in total. The van der Waals surface area contributed by atoms with Gasteiger partial charge < -0.3 is 5.32 Å². The SMILES string of the molecule is CC(Sc1ncnc2ccsc12)C(=O)NC(C)(C#N)C(C)C. The lowest BCUT2D eigenvalue weighted by molar-refractivity contribution is -0.121. The molecule has 22 heavy (non-hydrogen) atoms. The molecule has 7 heteroatoms. The van der Waals surface area contributed by atoms with Crippen LogP contribution in [-0.2, 0) is 4.79 Å². The molecule has 2 aromatic heterocycles. The smallest absolute Gasteiger partial charge is 0.234 e. The zero-order valence-electron chi connectivity index (χ0n) is 13.0. The second-order valence-electron chi connectivity index (χ2n) is 5.53. The van der Waals surface area contributed by atoms with E-state index in [2.05, 4.69) is 21.4 Å². The second kappa shape index (κ2) is 6.63. The van der Waals surface area contributed by atoms with Gasteiger partial charge in [0, 0.05) is 0 Å². The van der Waals surface area contributed by atoms with Gasteiger partial charge in [-0.2, -0.15) is 5.26 Å². The quantitative estimate of drug-likeness (QED) is 0.671. The Bertz CT molecular complexity index is 722. The van der Waals surface area contributed by atoms with Gasteiger partial charge in [0.15, 0.2) is 0 Å². The van der Waals surface area contributed by atoms with Crippen LogP contribution in [0, 0.1) is 17.2 Å². The number of thiophene rings is 1. The van der Waals surface area contributed by atoms with Gasteiger partial charge in [0.2, 0.25) is 5.91 Å². The number of carbonyl (C=O) groups excluding carboxylic acids is 1. The molecule has 2 unspecified atom stereocenters. The highest BCUT2D eigenvalue weighted by Crippen LogP contribution is 2.31. The molecule has 0 fully saturated rings. The molecule has 0 bridgehead atoms. The zero-order valence-corrected chi connectivity index (χ0v) is 14.6. The Hall–Kier alpha value is -1.65. The summed E-state index contributed by atoms with van der Waals surface area (Å²) in [5.41, 5.74) is 0.0229. The molecule has 2 rings (SSSR count). The predicted octanol–water partition coefficient (Wildman–Crippen LogP) is 3.23. The number of hydrogen-bond donors (Lipinski definition) is 1. The minimum atomic E-state index is -0.865. The second-order valence-corrected chi connectivity index (χ2v) is 7.78. The van der Waals surface area contributed by atoms with Gasteiger partial charge in [0.1, 0.15) is 16.9 Å². The normalized spacial score (nSPS) is 15.3. The summed E-state index contributed by atoms with van der Waals surface area (Å²) in [6.45, 7) is 7.40. The van der Waals surface area contributed by atoms with E-state index in [1.807, 2.05) is 32.2 Å². The highest BCUT2D eigenvalue weighted by molar-refractivity contribution is 8.00. The van der Waals surface area contributed by atoms with Crippen molar-refractivity contribution in [2.45, 2.75) is 43.5 Å². The summed E-state index contributed by atoms with van der Waals surface area (Å²) in [5, 5.41) is 14.6. The maximum absolute atomic E-state index is 12.4. The number of thioether (sulfide) groups is 1. The Balaban J connectivity index is 2.12. The molecule has 0 aliphatic rings. The summed E-state index contributed by atoms with van der Waals surface area (Å²) in [4.78, 5) is 20.8. The first-order chi connectivity index (χ1) is 10.4. The lowest BCUT2D eigenvalue weighted by Crippen LogP contribution is -2.51. The topological polar surface area (TPSA) is 78.7 Å². The van der Waals surface area contributed by atoms with Crippen molar-refractivity contribution in [3.63, 3.8) is 0 Å². The molecule has 0 aliphatic carbocycles. The maximum Gasteiger partial charge on any atom is 0.234 e. The van der Waals surface area contributed by atoms with E-state index in [-0.39, 0.29) is 17.1 Å². The van der Waals surface area contributed by atoms with Crippen molar-refractivity contribution < 1.29 is 4.79 Å². The van der Waals surface area contributed by atoms with Crippen LogP contribution >= 0.6 is 23.1 Å². The summed E-state index contributed by atoms with van der Waals surface area (Å²) >= 11 is 2.95. The van der Waals surface area contributed by atoms with Crippen LogP contribution in [0.25, 0.3) is 10.2 Å². The lowest BCUT2D eigenvalue weighted by Gasteiger charge is -2.28. The Kier molecular flexibility index (Phi) is 5.04. The van der Waals surface area contributed by atoms with E-state index < -0.39 is 5.54 Å². The lowest BCUT2D eigenvalue weighted by atomic mass is 9.90. The van der Waals surface area contributed by atoms with Gasteiger partial charge in [-0.05, 0) is 31.2 Å². The van der Waals surface area contributed by atoms with Gasteiger partial charge in [-0.15, -0.1) is 11.3 Å². The Labute approximate surface area is 138 Å². The van der Waals surface area contributed by atoms with Crippen molar-refractivity contribution in [3.8, 4) is 6.07 Å². The Morgan fingerprint density at radius 2 is 2.18 bits per heavy atom. The Morgan fingerprint density at radius 3 is 2.82 bits per heavy atom. The third kappa shape index (κ3) is 3.39. The average Bonchev–Trinajstić information content (AvgIpc) is 2.96. The standard InChI is InChI=1S/C15H18N4OS2/c1-9(2)15(4,7-16)19-13(20)10(3)22-14-12-11(5-6-21-12)17-8-18-14/h5-6,8-10H,1-4H3,(H,19,20). The summed E-state index contributed by atoms with van der Waals surface area (Å²) in [6, 6.07) is 4.12. The molecular formula is C15H18N4OS2. The fourth-order valence-corrected chi connectivity index (χ4v) is 3.57. The number of rotatable bonds is 5. The van der Waals surface area contributed by atoms with Crippen LogP contribution in [0.4, 0.5) is 0 Å². The first-order valence-corrected chi connectivity index (χ1v) is 8.71. The molecule has 0 aromatic carbocycles. The van der Waals surface area contributed by atoms with E-state index in [4.69, 9.17) is 0 Å². The predicted molar refractivity (Wildman–Crippen MR) is 89.7 cm³/mol. The number of nitriles is 1. The molecule has 0 saturated heterocycles. The van der Waals surface area contributed by atoms with Crippen LogP contribution in [0.15, 0.2) is 22.8 Å². The van der Waals surface area contributed by atoms with Gasteiger partial charge >= 0.3 is 0 Å². The molecular weight excluding hydrogens is 316 g/mol. The molecule has 0 radical (unpaired) electrons. The molecule has 0 spiro atoms. The molecule has 1 amide bonds. The van der Waals surface area contributed by atoms with Crippen LogP contribution in [-0.4, -0.2) is 26.7 Å². The number of nitrogens with one attached hydrogen (secondary N) is 1. The molecule has 2 atom stereocenters. The monoisotopic (exact) mass is 334 g/mol. The minimum Gasteiger partial charge on any atom is -0.337 e. The molecule has 0 aliphatic heterocycles. The number of fused-ring (bicyclic) bond motifs is 1. The fourth-order valence-electron chi connectivity index (χ4n) is 1.73. The van der Waals surface area contributed by atoms with E-state index in [9.17, 15) is 10.1 Å². The maximum atomic E-state index is 12.4. The van der Waals surface area contributed by atoms with E-state index in [0.717, 1.165) is 15.2 Å². The van der Waals surface area contributed by atoms with Crippen molar-refractivity contribution in [2.75, 3.05) is 0 Å².